The van der Waals surface area contributed by atoms with Crippen molar-refractivity contribution in [3.05, 3.63) is 62.6 Å². The van der Waals surface area contributed by atoms with Gasteiger partial charge in [-0.2, -0.15) is 0 Å². The fourth-order valence-corrected chi connectivity index (χ4v) is 2.33. The average molecular weight is 346 g/mol. The molecule has 0 aromatic heterocycles. The standard InChI is InChI=1S/C14H11Cl3N2O2/c15-10-3-1-9(11(16)6-10)7-21-13-4-2-8(5-12(13)17)14(20)19-18/h1-6H,7,18H2,(H,19,20). The minimum Gasteiger partial charge on any atom is -0.487 e. The van der Waals surface area contributed by atoms with Gasteiger partial charge in [-0.3, -0.25) is 10.2 Å². The summed E-state index contributed by atoms with van der Waals surface area (Å²) in [5.41, 5.74) is 3.16. The Morgan fingerprint density at radius 2 is 1.86 bits per heavy atom. The molecule has 2 rings (SSSR count). The number of halogens is 3. The van der Waals surface area contributed by atoms with Crippen LogP contribution in [0, 0.1) is 0 Å². The lowest BCUT2D eigenvalue weighted by Crippen LogP contribution is -2.29. The highest BCUT2D eigenvalue weighted by molar-refractivity contribution is 6.35. The lowest BCUT2D eigenvalue weighted by molar-refractivity contribution is 0.0953. The van der Waals surface area contributed by atoms with E-state index in [0.29, 0.717) is 26.4 Å². The third kappa shape index (κ3) is 4.02. The second-order valence-electron chi connectivity index (χ2n) is 4.14. The van der Waals surface area contributed by atoms with Gasteiger partial charge in [-0.1, -0.05) is 40.9 Å². The molecule has 7 heteroatoms. The van der Waals surface area contributed by atoms with E-state index in [4.69, 9.17) is 45.4 Å². The first kappa shape index (κ1) is 15.9. The summed E-state index contributed by atoms with van der Waals surface area (Å²) >= 11 is 17.9. The van der Waals surface area contributed by atoms with Crippen LogP contribution in [0.15, 0.2) is 36.4 Å². The van der Waals surface area contributed by atoms with Crippen LogP contribution in [-0.2, 0) is 6.61 Å². The van der Waals surface area contributed by atoms with Crippen molar-refractivity contribution < 1.29 is 9.53 Å². The van der Waals surface area contributed by atoms with Crippen LogP contribution in [0.25, 0.3) is 0 Å². The van der Waals surface area contributed by atoms with E-state index in [1.165, 1.54) is 6.07 Å². The average Bonchev–Trinajstić information content (AvgIpc) is 2.46. The van der Waals surface area contributed by atoms with E-state index in [2.05, 4.69) is 0 Å². The van der Waals surface area contributed by atoms with Gasteiger partial charge in [0.15, 0.2) is 0 Å². The molecule has 0 radical (unpaired) electrons. The van der Waals surface area contributed by atoms with Gasteiger partial charge in [0.1, 0.15) is 12.4 Å². The molecule has 2 aromatic rings. The number of amides is 1. The maximum atomic E-state index is 11.4. The zero-order valence-corrected chi connectivity index (χ0v) is 13.0. The van der Waals surface area contributed by atoms with E-state index in [1.807, 2.05) is 5.43 Å². The predicted octanol–water partition coefficient (Wildman–Crippen LogP) is 3.83. The Labute approximate surface area is 136 Å². The number of nitrogens with one attached hydrogen (secondary N) is 1. The summed E-state index contributed by atoms with van der Waals surface area (Å²) in [6, 6.07) is 9.77. The number of nitrogen functional groups attached to an aromatic ring is 1. The number of ether oxygens (including phenoxy) is 1. The van der Waals surface area contributed by atoms with Crippen LogP contribution in [-0.4, -0.2) is 5.91 Å². The van der Waals surface area contributed by atoms with Crippen molar-refractivity contribution in [2.45, 2.75) is 6.61 Å². The van der Waals surface area contributed by atoms with Crippen LogP contribution in [0.3, 0.4) is 0 Å². The highest BCUT2D eigenvalue weighted by Crippen LogP contribution is 2.28. The number of hydrazine groups is 1. The summed E-state index contributed by atoms with van der Waals surface area (Å²) in [7, 11) is 0. The molecule has 0 spiro atoms. The molecular weight excluding hydrogens is 335 g/mol. The first-order chi connectivity index (χ1) is 10.0. The molecule has 0 atom stereocenters. The summed E-state index contributed by atoms with van der Waals surface area (Å²) in [6.45, 7) is 0.234. The van der Waals surface area contributed by atoms with Gasteiger partial charge >= 0.3 is 0 Å². The topological polar surface area (TPSA) is 64.3 Å². The Morgan fingerprint density at radius 1 is 1.10 bits per heavy atom. The minimum atomic E-state index is -0.427. The van der Waals surface area contributed by atoms with Gasteiger partial charge in [0.2, 0.25) is 0 Å². The van der Waals surface area contributed by atoms with E-state index in [0.717, 1.165) is 5.56 Å². The molecule has 0 aliphatic heterocycles. The molecule has 0 saturated heterocycles. The van der Waals surface area contributed by atoms with Gasteiger partial charge in [0, 0.05) is 21.2 Å². The first-order valence-corrected chi connectivity index (χ1v) is 7.02. The number of rotatable bonds is 4. The Bertz CT molecular complexity index is 677. The van der Waals surface area contributed by atoms with Crippen LogP contribution in [0.5, 0.6) is 5.75 Å². The van der Waals surface area contributed by atoms with Gasteiger partial charge < -0.3 is 4.74 Å². The lowest BCUT2D eigenvalue weighted by atomic mass is 10.2. The second-order valence-corrected chi connectivity index (χ2v) is 5.39. The smallest absolute Gasteiger partial charge is 0.265 e. The van der Waals surface area contributed by atoms with Crippen molar-refractivity contribution >= 4 is 40.7 Å². The van der Waals surface area contributed by atoms with Gasteiger partial charge in [-0.25, -0.2) is 5.84 Å². The number of carbonyl (C=O) groups is 1. The molecule has 3 N–H and O–H groups in total. The molecule has 0 saturated carbocycles. The van der Waals surface area contributed by atoms with Crippen LogP contribution < -0.4 is 16.0 Å². The molecular formula is C14H11Cl3N2O2. The van der Waals surface area contributed by atoms with E-state index in [1.54, 1.807) is 30.3 Å². The van der Waals surface area contributed by atoms with Crippen molar-refractivity contribution in [1.29, 1.82) is 0 Å². The third-order valence-electron chi connectivity index (χ3n) is 2.72. The van der Waals surface area contributed by atoms with Gasteiger partial charge in [0.25, 0.3) is 5.91 Å². The molecule has 1 amide bonds. The largest absolute Gasteiger partial charge is 0.487 e. The molecule has 2 aromatic carbocycles. The normalized spacial score (nSPS) is 10.3. The molecule has 0 aliphatic carbocycles. The van der Waals surface area contributed by atoms with Gasteiger partial charge in [-0.15, -0.1) is 0 Å². The summed E-state index contributed by atoms with van der Waals surface area (Å²) in [5.74, 6) is 5.07. The van der Waals surface area contributed by atoms with Crippen LogP contribution >= 0.6 is 34.8 Å². The van der Waals surface area contributed by atoms with E-state index < -0.39 is 5.91 Å². The number of nitrogens with two attached hydrogens (primary N) is 1. The molecule has 110 valence electrons. The summed E-state index contributed by atoms with van der Waals surface area (Å²) in [5, 5.41) is 1.37. The maximum Gasteiger partial charge on any atom is 0.265 e. The van der Waals surface area contributed by atoms with Crippen molar-refractivity contribution in [2.24, 2.45) is 5.84 Å². The van der Waals surface area contributed by atoms with Crippen molar-refractivity contribution in [3.63, 3.8) is 0 Å². The van der Waals surface area contributed by atoms with E-state index in [-0.39, 0.29) is 6.61 Å². The van der Waals surface area contributed by atoms with Crippen molar-refractivity contribution in [3.8, 4) is 5.75 Å². The Balaban J connectivity index is 2.11. The van der Waals surface area contributed by atoms with Crippen molar-refractivity contribution in [1.82, 2.24) is 5.43 Å². The number of hydrogen-bond donors (Lipinski definition) is 2. The summed E-state index contributed by atoms with van der Waals surface area (Å²) in [6.07, 6.45) is 0. The monoisotopic (exact) mass is 344 g/mol. The molecule has 0 aliphatic rings. The van der Waals surface area contributed by atoms with Crippen LogP contribution in [0.1, 0.15) is 15.9 Å². The van der Waals surface area contributed by atoms with Crippen LogP contribution in [0.2, 0.25) is 15.1 Å². The minimum absolute atomic E-state index is 0.234. The molecule has 0 fully saturated rings. The highest BCUT2D eigenvalue weighted by atomic mass is 35.5. The lowest BCUT2D eigenvalue weighted by Gasteiger charge is -2.10. The number of benzene rings is 2. The van der Waals surface area contributed by atoms with Gasteiger partial charge in [-0.05, 0) is 30.3 Å². The Kier molecular flexibility index (Phi) is 5.31. The maximum absolute atomic E-state index is 11.4. The summed E-state index contributed by atoms with van der Waals surface area (Å²) < 4.78 is 5.59. The van der Waals surface area contributed by atoms with Gasteiger partial charge in [0.05, 0.1) is 5.02 Å². The SMILES string of the molecule is NNC(=O)c1ccc(OCc2ccc(Cl)cc2Cl)c(Cl)c1. The van der Waals surface area contributed by atoms with E-state index >= 15 is 0 Å². The number of hydrogen-bond acceptors (Lipinski definition) is 3. The quantitative estimate of drug-likeness (QED) is 0.503. The van der Waals surface area contributed by atoms with Crippen molar-refractivity contribution in [2.75, 3.05) is 0 Å². The zero-order chi connectivity index (χ0) is 15.4. The second kappa shape index (κ2) is 7.00. The molecule has 0 unspecified atom stereocenters. The Morgan fingerprint density at radius 3 is 2.48 bits per heavy atom. The molecule has 0 heterocycles. The molecule has 0 bridgehead atoms. The Hall–Kier alpha value is -1.46. The summed E-state index contributed by atoms with van der Waals surface area (Å²) in [4.78, 5) is 11.4. The fraction of sp³-hybridized carbons (Fsp3) is 0.0714. The molecule has 4 nitrogen and oxygen atoms in total. The zero-order valence-electron chi connectivity index (χ0n) is 10.7. The highest BCUT2D eigenvalue weighted by Gasteiger charge is 2.09. The fourth-order valence-electron chi connectivity index (χ4n) is 1.64. The van der Waals surface area contributed by atoms with E-state index in [9.17, 15) is 4.79 Å². The molecule has 21 heavy (non-hydrogen) atoms. The first-order valence-electron chi connectivity index (χ1n) is 5.88. The third-order valence-corrected chi connectivity index (χ3v) is 3.61. The number of carbonyl (C=O) groups excluding carboxylic acids is 1. The van der Waals surface area contributed by atoms with Crippen LogP contribution in [0.4, 0.5) is 0 Å². The predicted molar refractivity (Wildman–Crippen MR) is 83.9 cm³/mol.